The number of nitrogens with zero attached hydrogens (tertiary/aromatic N) is 2. The summed E-state index contributed by atoms with van der Waals surface area (Å²) in [5.74, 6) is -2.05. The second-order valence-electron chi connectivity index (χ2n) is 3.04. The first-order chi connectivity index (χ1) is 7.32. The van der Waals surface area contributed by atoms with Crippen molar-refractivity contribution in [2.45, 2.75) is 12.7 Å². The van der Waals surface area contributed by atoms with Crippen molar-refractivity contribution in [2.75, 3.05) is 0 Å². The molecule has 0 aromatic carbocycles. The lowest BCUT2D eigenvalue weighted by molar-refractivity contribution is -0.158. The van der Waals surface area contributed by atoms with Crippen LogP contribution in [0.5, 0.6) is 0 Å². The SMILES string of the molecule is NC(=S)C(Cn1ncccc1=O)C(F)(F)F. The maximum atomic E-state index is 12.5. The second kappa shape index (κ2) is 4.60. The summed E-state index contributed by atoms with van der Waals surface area (Å²) >= 11 is 4.32. The Bertz CT molecular complexity index is 443. The number of hydrogen-bond donors (Lipinski definition) is 1. The minimum atomic E-state index is -4.58. The molecular formula is C8H8F3N3OS. The van der Waals surface area contributed by atoms with E-state index in [-0.39, 0.29) is 0 Å². The number of nitrogens with two attached hydrogens (primary N) is 1. The average molecular weight is 251 g/mol. The highest BCUT2D eigenvalue weighted by Gasteiger charge is 2.42. The van der Waals surface area contributed by atoms with Crippen molar-refractivity contribution in [1.82, 2.24) is 9.78 Å². The summed E-state index contributed by atoms with van der Waals surface area (Å²) < 4.78 is 38.1. The Morgan fingerprint density at radius 1 is 1.62 bits per heavy atom. The Hall–Kier alpha value is -1.44. The van der Waals surface area contributed by atoms with Gasteiger partial charge in [0.25, 0.3) is 5.56 Å². The van der Waals surface area contributed by atoms with E-state index in [9.17, 15) is 18.0 Å². The molecule has 0 radical (unpaired) electrons. The Morgan fingerprint density at radius 3 is 2.69 bits per heavy atom. The summed E-state index contributed by atoms with van der Waals surface area (Å²) in [6.45, 7) is -0.696. The van der Waals surface area contributed by atoms with Crippen LogP contribution < -0.4 is 11.3 Å². The molecular weight excluding hydrogens is 243 g/mol. The molecule has 0 amide bonds. The van der Waals surface area contributed by atoms with Gasteiger partial charge in [-0.25, -0.2) is 4.68 Å². The van der Waals surface area contributed by atoms with Crippen molar-refractivity contribution in [3.05, 3.63) is 28.7 Å². The van der Waals surface area contributed by atoms with E-state index in [0.717, 1.165) is 6.07 Å². The predicted molar refractivity (Wildman–Crippen MR) is 54.8 cm³/mol. The van der Waals surface area contributed by atoms with Crippen LogP contribution in [0.3, 0.4) is 0 Å². The van der Waals surface area contributed by atoms with Gasteiger partial charge in [0.1, 0.15) is 5.92 Å². The highest BCUT2D eigenvalue weighted by Crippen LogP contribution is 2.27. The van der Waals surface area contributed by atoms with Crippen molar-refractivity contribution >= 4 is 17.2 Å². The van der Waals surface area contributed by atoms with Gasteiger partial charge in [0.15, 0.2) is 0 Å². The quantitative estimate of drug-likeness (QED) is 0.804. The molecule has 1 aromatic heterocycles. The van der Waals surface area contributed by atoms with Gasteiger partial charge in [-0.15, -0.1) is 0 Å². The average Bonchev–Trinajstić information content (AvgIpc) is 2.14. The normalized spacial score (nSPS) is 13.4. The van der Waals surface area contributed by atoms with Crippen LogP contribution in [0, 0.1) is 5.92 Å². The summed E-state index contributed by atoms with van der Waals surface area (Å²) in [6.07, 6.45) is -3.36. The highest BCUT2D eigenvalue weighted by atomic mass is 32.1. The van der Waals surface area contributed by atoms with Gasteiger partial charge in [-0.2, -0.15) is 18.3 Å². The first kappa shape index (κ1) is 12.6. The molecule has 2 N–H and O–H groups in total. The lowest BCUT2D eigenvalue weighted by Crippen LogP contribution is -2.40. The molecule has 0 aliphatic rings. The van der Waals surface area contributed by atoms with Gasteiger partial charge in [0.05, 0.1) is 11.5 Å². The molecule has 1 atom stereocenters. The molecule has 1 rings (SSSR count). The summed E-state index contributed by atoms with van der Waals surface area (Å²) in [4.78, 5) is 10.4. The fraction of sp³-hybridized carbons (Fsp3) is 0.375. The van der Waals surface area contributed by atoms with E-state index in [1.165, 1.54) is 12.3 Å². The largest absolute Gasteiger partial charge is 0.399 e. The third kappa shape index (κ3) is 3.02. The maximum Gasteiger partial charge on any atom is 0.399 e. The molecule has 0 bridgehead atoms. The van der Waals surface area contributed by atoms with Crippen molar-refractivity contribution in [1.29, 1.82) is 0 Å². The maximum absolute atomic E-state index is 12.5. The van der Waals surface area contributed by atoms with E-state index in [0.29, 0.717) is 4.68 Å². The van der Waals surface area contributed by atoms with E-state index in [1.54, 1.807) is 0 Å². The molecule has 0 saturated heterocycles. The van der Waals surface area contributed by atoms with Crippen LogP contribution in [0.15, 0.2) is 23.1 Å². The fourth-order valence-electron chi connectivity index (χ4n) is 1.05. The predicted octanol–water partition coefficient (Wildman–Crippen LogP) is 0.708. The molecule has 8 heteroatoms. The fourth-order valence-corrected chi connectivity index (χ4v) is 1.26. The van der Waals surface area contributed by atoms with Crippen molar-refractivity contribution in [3.8, 4) is 0 Å². The molecule has 0 aliphatic heterocycles. The Kier molecular flexibility index (Phi) is 3.63. The minimum Gasteiger partial charge on any atom is -0.393 e. The molecule has 1 aromatic rings. The second-order valence-corrected chi connectivity index (χ2v) is 3.51. The standard InChI is InChI=1S/C8H8F3N3OS/c9-8(10,11)5(7(12)16)4-14-6(15)2-1-3-13-14/h1-3,5H,4H2,(H2,12,16). The molecule has 4 nitrogen and oxygen atoms in total. The number of thiocarbonyl (C=S) groups is 1. The molecule has 0 aliphatic carbocycles. The molecule has 0 spiro atoms. The smallest absolute Gasteiger partial charge is 0.393 e. The van der Waals surface area contributed by atoms with E-state index in [4.69, 9.17) is 5.73 Å². The number of hydrogen-bond acceptors (Lipinski definition) is 3. The molecule has 16 heavy (non-hydrogen) atoms. The van der Waals surface area contributed by atoms with Gasteiger partial charge in [0, 0.05) is 12.3 Å². The van der Waals surface area contributed by atoms with Gasteiger partial charge >= 0.3 is 6.18 Å². The van der Waals surface area contributed by atoms with Gasteiger partial charge in [-0.05, 0) is 6.07 Å². The summed E-state index contributed by atoms with van der Waals surface area (Å²) in [6, 6.07) is 2.45. The van der Waals surface area contributed by atoms with Crippen LogP contribution in [0.4, 0.5) is 13.2 Å². The lowest BCUT2D eigenvalue weighted by atomic mass is 10.1. The third-order valence-electron chi connectivity index (χ3n) is 1.88. The highest BCUT2D eigenvalue weighted by molar-refractivity contribution is 7.80. The first-order valence-corrected chi connectivity index (χ1v) is 4.61. The van der Waals surface area contributed by atoms with Gasteiger partial charge in [-0.3, -0.25) is 4.79 Å². The minimum absolute atomic E-state index is 0.631. The van der Waals surface area contributed by atoms with Crippen LogP contribution in [0.2, 0.25) is 0 Å². The summed E-state index contributed by atoms with van der Waals surface area (Å²) in [7, 11) is 0. The van der Waals surface area contributed by atoms with Crippen molar-refractivity contribution in [2.24, 2.45) is 11.7 Å². The number of alkyl halides is 3. The zero-order valence-corrected chi connectivity index (χ0v) is 8.76. The first-order valence-electron chi connectivity index (χ1n) is 4.20. The Labute approximate surface area is 93.9 Å². The van der Waals surface area contributed by atoms with Gasteiger partial charge in [-0.1, -0.05) is 12.2 Å². The summed E-state index contributed by atoms with van der Waals surface area (Å²) in [5.41, 5.74) is 4.36. The third-order valence-corrected chi connectivity index (χ3v) is 2.16. The molecule has 1 heterocycles. The van der Waals surface area contributed by atoms with Crippen LogP contribution in [0.1, 0.15) is 0 Å². The van der Waals surface area contributed by atoms with Crippen LogP contribution >= 0.6 is 12.2 Å². The van der Waals surface area contributed by atoms with Crippen LogP contribution in [-0.2, 0) is 6.54 Å². The summed E-state index contributed by atoms with van der Waals surface area (Å²) in [5, 5.41) is 3.50. The Morgan fingerprint density at radius 2 is 2.25 bits per heavy atom. The van der Waals surface area contributed by atoms with Crippen LogP contribution in [-0.4, -0.2) is 20.9 Å². The van der Waals surface area contributed by atoms with E-state index in [2.05, 4.69) is 17.3 Å². The van der Waals surface area contributed by atoms with E-state index >= 15 is 0 Å². The lowest BCUT2D eigenvalue weighted by Gasteiger charge is -2.18. The van der Waals surface area contributed by atoms with Crippen molar-refractivity contribution in [3.63, 3.8) is 0 Å². The zero-order chi connectivity index (χ0) is 12.3. The van der Waals surface area contributed by atoms with Gasteiger partial charge in [0.2, 0.25) is 0 Å². The van der Waals surface area contributed by atoms with Crippen molar-refractivity contribution < 1.29 is 13.2 Å². The molecule has 1 unspecified atom stereocenters. The number of aromatic nitrogens is 2. The van der Waals surface area contributed by atoms with Crippen LogP contribution in [0.25, 0.3) is 0 Å². The Balaban J connectivity index is 2.98. The van der Waals surface area contributed by atoms with Gasteiger partial charge < -0.3 is 5.73 Å². The topological polar surface area (TPSA) is 60.9 Å². The number of rotatable bonds is 3. The number of halogens is 3. The monoisotopic (exact) mass is 251 g/mol. The van der Waals surface area contributed by atoms with E-state index in [1.807, 2.05) is 0 Å². The molecule has 0 fully saturated rings. The zero-order valence-electron chi connectivity index (χ0n) is 7.94. The molecule has 88 valence electrons. The molecule has 0 saturated carbocycles. The van der Waals surface area contributed by atoms with E-state index < -0.39 is 29.2 Å².